The van der Waals surface area contributed by atoms with Gasteiger partial charge in [0.15, 0.2) is 0 Å². The van der Waals surface area contributed by atoms with Crippen molar-refractivity contribution < 1.29 is 22.7 Å². The highest BCUT2D eigenvalue weighted by molar-refractivity contribution is 7.92. The molecule has 3 aromatic carbocycles. The minimum Gasteiger partial charge on any atom is -0.492 e. The van der Waals surface area contributed by atoms with Crippen molar-refractivity contribution in [2.24, 2.45) is 0 Å². The van der Waals surface area contributed by atoms with Gasteiger partial charge in [0.2, 0.25) is 11.8 Å². The van der Waals surface area contributed by atoms with Crippen LogP contribution in [0.3, 0.4) is 0 Å². The number of nitrogens with one attached hydrogen (secondary N) is 1. The number of halogens is 1. The Bertz CT molecular complexity index is 1380. The van der Waals surface area contributed by atoms with Crippen LogP contribution >= 0.6 is 11.6 Å². The molecule has 3 rings (SSSR count). The Labute approximate surface area is 241 Å². The lowest BCUT2D eigenvalue weighted by Crippen LogP contribution is -2.53. The topological polar surface area (TPSA) is 96.0 Å². The summed E-state index contributed by atoms with van der Waals surface area (Å²) in [6.45, 7) is 7.19. The summed E-state index contributed by atoms with van der Waals surface area (Å²) in [5.74, 6) is -0.517. The first-order chi connectivity index (χ1) is 19.1. The Morgan fingerprint density at radius 1 is 0.925 bits per heavy atom. The summed E-state index contributed by atoms with van der Waals surface area (Å²) in [7, 11) is -4.24. The van der Waals surface area contributed by atoms with Gasteiger partial charge < -0.3 is 15.0 Å². The van der Waals surface area contributed by atoms with Crippen LogP contribution in [0.25, 0.3) is 0 Å². The first-order valence-electron chi connectivity index (χ1n) is 13.2. The number of hydrogen-bond acceptors (Lipinski definition) is 5. The molecule has 0 spiro atoms. The molecule has 0 radical (unpaired) electrons. The fraction of sp³-hybridized carbons (Fsp3) is 0.333. The number of carbonyl (C=O) groups is 2. The average molecular weight is 586 g/mol. The monoisotopic (exact) mass is 585 g/mol. The summed E-state index contributed by atoms with van der Waals surface area (Å²) in [4.78, 5) is 28.7. The Morgan fingerprint density at radius 3 is 2.15 bits per heavy atom. The minimum absolute atomic E-state index is 0.0322. The molecule has 0 heterocycles. The number of hydrogen-bond donors (Lipinski definition) is 1. The summed E-state index contributed by atoms with van der Waals surface area (Å²) >= 11 is 6.02. The minimum atomic E-state index is -4.24. The molecule has 0 bridgehead atoms. The number of carbonyl (C=O) groups excluding carboxylic acids is 2. The molecule has 214 valence electrons. The van der Waals surface area contributed by atoms with Crippen molar-refractivity contribution in [1.29, 1.82) is 0 Å². The maximum absolute atomic E-state index is 14.1. The molecule has 10 heteroatoms. The highest BCUT2D eigenvalue weighted by Crippen LogP contribution is 2.33. The Kier molecular flexibility index (Phi) is 11.0. The molecular formula is C30H36ClN3O5S. The maximum Gasteiger partial charge on any atom is 0.264 e. The molecule has 2 amide bonds. The van der Waals surface area contributed by atoms with Crippen LogP contribution in [0.2, 0.25) is 5.02 Å². The average Bonchev–Trinajstić information content (AvgIpc) is 2.92. The molecule has 1 atom stereocenters. The number of amides is 2. The fourth-order valence-electron chi connectivity index (χ4n) is 4.27. The second-order valence-corrected chi connectivity index (χ2v) is 11.8. The zero-order chi connectivity index (χ0) is 29.3. The number of nitrogens with zero attached hydrogens (tertiary/aromatic N) is 2. The molecule has 0 saturated carbocycles. The summed E-state index contributed by atoms with van der Waals surface area (Å²) in [6.07, 6.45) is 0.344. The number of anilines is 1. The highest BCUT2D eigenvalue weighted by Gasteiger charge is 2.34. The predicted octanol–water partition coefficient (Wildman–Crippen LogP) is 5.27. The van der Waals surface area contributed by atoms with Crippen LogP contribution in [-0.4, -0.2) is 50.4 Å². The van der Waals surface area contributed by atoms with Gasteiger partial charge in [0.05, 0.1) is 17.2 Å². The van der Waals surface area contributed by atoms with E-state index in [1.807, 2.05) is 51.1 Å². The molecule has 1 N–H and O–H groups in total. The molecule has 0 fully saturated rings. The Balaban J connectivity index is 2.10. The summed E-state index contributed by atoms with van der Waals surface area (Å²) in [5.41, 5.74) is 1.03. The third-order valence-corrected chi connectivity index (χ3v) is 8.15. The van der Waals surface area contributed by atoms with Gasteiger partial charge in [0.1, 0.15) is 18.3 Å². The first kappa shape index (κ1) is 31.0. The van der Waals surface area contributed by atoms with Crippen LogP contribution < -0.4 is 14.4 Å². The van der Waals surface area contributed by atoms with Crippen molar-refractivity contribution >= 4 is 39.1 Å². The van der Waals surface area contributed by atoms with Crippen molar-refractivity contribution in [1.82, 2.24) is 10.2 Å². The third-order valence-electron chi connectivity index (χ3n) is 6.13. The van der Waals surface area contributed by atoms with Gasteiger partial charge in [-0.15, -0.1) is 0 Å². The van der Waals surface area contributed by atoms with Crippen molar-refractivity contribution in [3.05, 3.63) is 89.4 Å². The smallest absolute Gasteiger partial charge is 0.264 e. The number of para-hydroxylation sites is 2. The van der Waals surface area contributed by atoms with Crippen molar-refractivity contribution in [3.8, 4) is 5.75 Å². The van der Waals surface area contributed by atoms with Crippen molar-refractivity contribution in [2.75, 3.05) is 17.5 Å². The quantitative estimate of drug-likeness (QED) is 0.295. The van der Waals surface area contributed by atoms with Gasteiger partial charge in [0.25, 0.3) is 10.0 Å². The molecule has 8 nitrogen and oxygen atoms in total. The molecule has 40 heavy (non-hydrogen) atoms. The van der Waals surface area contributed by atoms with Crippen LogP contribution in [0.1, 0.15) is 39.7 Å². The number of sulfonamides is 1. The maximum atomic E-state index is 14.1. The van der Waals surface area contributed by atoms with E-state index in [2.05, 4.69) is 5.32 Å². The number of benzene rings is 3. The van der Waals surface area contributed by atoms with E-state index in [-0.39, 0.29) is 29.1 Å². The first-order valence-corrected chi connectivity index (χ1v) is 15.0. The standard InChI is InChI=1S/C30H36ClN3O5S/c1-5-26(30(36)32-22(3)4)33(20-23-12-8-7-9-13-23)29(35)21-34(27-14-10-11-15-28(27)39-6-2)40(37,38)25-18-16-24(31)17-19-25/h7-19,22,26H,5-6,20-21H2,1-4H3,(H,32,36). The molecule has 0 aliphatic heterocycles. The SMILES string of the molecule is CCOc1ccccc1N(CC(=O)N(Cc1ccccc1)C(CC)C(=O)NC(C)C)S(=O)(=O)c1ccc(Cl)cc1. The highest BCUT2D eigenvalue weighted by atomic mass is 35.5. The van der Waals surface area contributed by atoms with Crippen molar-refractivity contribution in [2.45, 2.75) is 57.6 Å². The van der Waals surface area contributed by atoms with Gasteiger partial charge in [-0.25, -0.2) is 8.42 Å². The Hall–Kier alpha value is -3.56. The van der Waals surface area contributed by atoms with E-state index >= 15 is 0 Å². The number of rotatable bonds is 13. The summed E-state index contributed by atoms with van der Waals surface area (Å²) in [5, 5.41) is 3.27. The normalized spacial score (nSPS) is 12.1. The second kappa shape index (κ2) is 14.2. The predicted molar refractivity (Wildman–Crippen MR) is 158 cm³/mol. The third kappa shape index (κ3) is 7.76. The van der Waals surface area contributed by atoms with Gasteiger partial charge in [-0.1, -0.05) is 61.0 Å². The number of ether oxygens (including phenoxy) is 1. The van der Waals surface area contributed by atoms with Crippen LogP contribution in [-0.2, 0) is 26.2 Å². The molecule has 0 aromatic heterocycles. The van der Waals surface area contributed by atoms with E-state index < -0.39 is 28.5 Å². The van der Waals surface area contributed by atoms with Crippen LogP contribution in [0.4, 0.5) is 5.69 Å². The largest absolute Gasteiger partial charge is 0.492 e. The van der Waals surface area contributed by atoms with Gasteiger partial charge in [-0.05, 0) is 69.2 Å². The fourth-order valence-corrected chi connectivity index (χ4v) is 5.82. The van der Waals surface area contributed by atoms with Gasteiger partial charge in [0, 0.05) is 17.6 Å². The van der Waals surface area contributed by atoms with E-state index in [0.717, 1.165) is 9.87 Å². The van der Waals surface area contributed by atoms with Gasteiger partial charge in [-0.2, -0.15) is 0 Å². The zero-order valence-electron chi connectivity index (χ0n) is 23.2. The van der Waals surface area contributed by atoms with E-state index in [4.69, 9.17) is 16.3 Å². The van der Waals surface area contributed by atoms with Gasteiger partial charge >= 0.3 is 0 Å². The van der Waals surface area contributed by atoms with Crippen LogP contribution in [0, 0.1) is 0 Å². The zero-order valence-corrected chi connectivity index (χ0v) is 24.8. The summed E-state index contributed by atoms with van der Waals surface area (Å²) < 4.78 is 34.8. The lowest BCUT2D eigenvalue weighted by atomic mass is 10.1. The Morgan fingerprint density at radius 2 is 1.55 bits per heavy atom. The molecule has 3 aromatic rings. The molecule has 0 saturated heterocycles. The van der Waals surface area contributed by atoms with E-state index in [1.165, 1.54) is 29.2 Å². The van der Waals surface area contributed by atoms with E-state index in [0.29, 0.717) is 23.8 Å². The molecule has 1 unspecified atom stereocenters. The molecule has 0 aliphatic carbocycles. The lowest BCUT2D eigenvalue weighted by molar-refractivity contribution is -0.140. The van der Waals surface area contributed by atoms with Crippen molar-refractivity contribution in [3.63, 3.8) is 0 Å². The van der Waals surface area contributed by atoms with Gasteiger partial charge in [-0.3, -0.25) is 13.9 Å². The van der Waals surface area contributed by atoms with E-state index in [1.54, 1.807) is 31.2 Å². The summed E-state index contributed by atoms with van der Waals surface area (Å²) in [6, 6.07) is 20.8. The van der Waals surface area contributed by atoms with E-state index in [9.17, 15) is 18.0 Å². The van der Waals surface area contributed by atoms with Crippen LogP contribution in [0.15, 0.2) is 83.8 Å². The van der Waals surface area contributed by atoms with Crippen LogP contribution in [0.5, 0.6) is 5.75 Å². The lowest BCUT2D eigenvalue weighted by Gasteiger charge is -2.34. The second-order valence-electron chi connectivity index (χ2n) is 9.46. The molecule has 0 aliphatic rings. The molecular weight excluding hydrogens is 550 g/mol.